The van der Waals surface area contributed by atoms with Gasteiger partial charge in [0.05, 0.1) is 17.8 Å². The van der Waals surface area contributed by atoms with Gasteiger partial charge in [0.15, 0.2) is 18.6 Å². The number of aromatic nitrogens is 2. The van der Waals surface area contributed by atoms with E-state index in [1.165, 1.54) is 31.2 Å². The van der Waals surface area contributed by atoms with E-state index < -0.39 is 66.2 Å². The first-order chi connectivity index (χ1) is 16.5. The van der Waals surface area contributed by atoms with E-state index in [0.29, 0.717) is 11.8 Å². The molecule has 14 heteroatoms. The molecule has 2 aromatic rings. The molecular formula is C21H26N4O10. The second-order valence-corrected chi connectivity index (χ2v) is 8.26. The molecule has 0 bridgehead atoms. The number of carbonyl (C=O) groups excluding carboxylic acids is 2. The standard InChI is InChI=1S/C21H26N4O10/c1-8(14(28)9-2-4-11(27)5-3-9)12(22)18(31)24-13(20(32)33)17-15(29)16(30)19(35-17)25-6-10(7-26)23-21(25)34/h2-8,12-17,19,27-30H,22H2,1H3,(H,23,34)(H,24,31)(H,32,33)/t8-,12-,13-,14-,15-,16+,17+,19+/m0/s1. The van der Waals surface area contributed by atoms with Crippen LogP contribution >= 0.6 is 0 Å². The summed E-state index contributed by atoms with van der Waals surface area (Å²) < 4.78 is 6.20. The van der Waals surface area contributed by atoms with Crippen molar-refractivity contribution in [3.05, 3.63) is 52.2 Å². The van der Waals surface area contributed by atoms with Crippen LogP contribution < -0.4 is 16.7 Å². The fraction of sp³-hybridized carbons (Fsp3) is 0.429. The number of H-pyrrole nitrogens is 1. The van der Waals surface area contributed by atoms with Gasteiger partial charge in [0.25, 0.3) is 0 Å². The van der Waals surface area contributed by atoms with Gasteiger partial charge in [-0.3, -0.25) is 14.2 Å². The van der Waals surface area contributed by atoms with E-state index in [-0.39, 0.29) is 11.4 Å². The largest absolute Gasteiger partial charge is 0.508 e. The first-order valence-corrected chi connectivity index (χ1v) is 10.5. The van der Waals surface area contributed by atoms with E-state index in [1.807, 2.05) is 0 Å². The van der Waals surface area contributed by atoms with Crippen LogP contribution in [0.3, 0.4) is 0 Å². The molecule has 9 N–H and O–H groups in total. The highest BCUT2D eigenvalue weighted by atomic mass is 16.6. The molecule has 1 aromatic heterocycles. The van der Waals surface area contributed by atoms with E-state index in [2.05, 4.69) is 10.3 Å². The molecule has 0 unspecified atom stereocenters. The lowest BCUT2D eigenvalue weighted by Crippen LogP contribution is -2.57. The normalized spacial score (nSPS) is 25.4. The molecule has 0 radical (unpaired) electrons. The Morgan fingerprint density at radius 1 is 1.23 bits per heavy atom. The number of imidazole rings is 1. The molecule has 1 amide bonds. The van der Waals surface area contributed by atoms with Crippen molar-refractivity contribution in [1.29, 1.82) is 0 Å². The Morgan fingerprint density at radius 2 is 1.86 bits per heavy atom. The molecule has 1 fully saturated rings. The Morgan fingerprint density at radius 3 is 2.40 bits per heavy atom. The summed E-state index contributed by atoms with van der Waals surface area (Å²) in [5.41, 5.74) is 5.32. The number of nitrogens with zero attached hydrogens (tertiary/aromatic N) is 1. The molecule has 35 heavy (non-hydrogen) atoms. The predicted molar refractivity (Wildman–Crippen MR) is 116 cm³/mol. The number of hydrogen-bond donors (Lipinski definition) is 8. The molecule has 190 valence electrons. The van der Waals surface area contributed by atoms with Gasteiger partial charge < -0.3 is 46.3 Å². The van der Waals surface area contributed by atoms with Crippen LogP contribution in [-0.4, -0.2) is 83.6 Å². The maximum Gasteiger partial charge on any atom is 0.329 e. The van der Waals surface area contributed by atoms with E-state index in [4.69, 9.17) is 10.5 Å². The minimum absolute atomic E-state index is 0.0279. The Hall–Kier alpha value is -3.56. The molecule has 2 heterocycles. The van der Waals surface area contributed by atoms with Crippen LogP contribution in [-0.2, 0) is 14.3 Å². The van der Waals surface area contributed by atoms with Crippen LogP contribution in [0.15, 0.2) is 35.3 Å². The number of carboxylic acid groups (broad SMARTS) is 1. The third-order valence-corrected chi connectivity index (χ3v) is 5.93. The zero-order valence-electron chi connectivity index (χ0n) is 18.4. The highest BCUT2D eigenvalue weighted by Gasteiger charge is 2.50. The molecule has 0 saturated carbocycles. The van der Waals surface area contributed by atoms with E-state index in [1.54, 1.807) is 0 Å². The minimum atomic E-state index is -1.89. The van der Waals surface area contributed by atoms with Crippen LogP contribution in [0.5, 0.6) is 5.75 Å². The number of hydrogen-bond acceptors (Lipinski definition) is 10. The van der Waals surface area contributed by atoms with Gasteiger partial charge in [0.1, 0.15) is 24.1 Å². The molecule has 0 spiro atoms. The van der Waals surface area contributed by atoms with Crippen molar-refractivity contribution in [3.63, 3.8) is 0 Å². The number of aromatic hydroxyl groups is 1. The van der Waals surface area contributed by atoms with E-state index in [0.717, 1.165) is 10.8 Å². The number of rotatable bonds is 9. The summed E-state index contributed by atoms with van der Waals surface area (Å²) >= 11 is 0. The van der Waals surface area contributed by atoms with E-state index >= 15 is 0 Å². The average molecular weight is 494 g/mol. The maximum atomic E-state index is 12.7. The minimum Gasteiger partial charge on any atom is -0.508 e. The second kappa shape index (κ2) is 10.4. The molecule has 1 aromatic carbocycles. The zero-order chi connectivity index (χ0) is 26.0. The molecule has 1 aliphatic heterocycles. The van der Waals surface area contributed by atoms with Crippen molar-refractivity contribution in [2.45, 2.75) is 49.7 Å². The summed E-state index contributed by atoms with van der Waals surface area (Å²) in [4.78, 5) is 49.7. The number of nitrogens with two attached hydrogens (primary N) is 1. The fourth-order valence-electron chi connectivity index (χ4n) is 3.81. The van der Waals surface area contributed by atoms with Crippen molar-refractivity contribution < 1.29 is 44.7 Å². The number of aliphatic hydroxyl groups is 3. The third kappa shape index (κ3) is 5.26. The van der Waals surface area contributed by atoms with Crippen molar-refractivity contribution in [3.8, 4) is 5.75 Å². The molecule has 14 nitrogen and oxygen atoms in total. The number of aliphatic hydroxyl groups excluding tert-OH is 3. The van der Waals surface area contributed by atoms with Crippen molar-refractivity contribution in [2.75, 3.05) is 0 Å². The number of benzene rings is 1. The van der Waals surface area contributed by atoms with Gasteiger partial charge in [-0.05, 0) is 17.7 Å². The van der Waals surface area contributed by atoms with Gasteiger partial charge in [0, 0.05) is 12.1 Å². The molecule has 3 rings (SSSR count). The Labute approximate surface area is 197 Å². The summed E-state index contributed by atoms with van der Waals surface area (Å²) in [5, 5.41) is 52.5. The number of amides is 1. The first kappa shape index (κ1) is 26.1. The lowest BCUT2D eigenvalue weighted by molar-refractivity contribution is -0.149. The van der Waals surface area contributed by atoms with Gasteiger partial charge in [-0.1, -0.05) is 19.1 Å². The molecule has 1 aliphatic rings. The number of aldehydes is 1. The molecule has 0 aliphatic carbocycles. The second-order valence-electron chi connectivity index (χ2n) is 8.26. The van der Waals surface area contributed by atoms with Gasteiger partial charge in [-0.15, -0.1) is 0 Å². The van der Waals surface area contributed by atoms with Gasteiger partial charge >= 0.3 is 11.7 Å². The Kier molecular flexibility index (Phi) is 7.72. The van der Waals surface area contributed by atoms with Crippen molar-refractivity contribution >= 4 is 18.2 Å². The Balaban J connectivity index is 1.75. The average Bonchev–Trinajstić information content (AvgIpc) is 3.34. The van der Waals surface area contributed by atoms with Crippen molar-refractivity contribution in [2.24, 2.45) is 11.7 Å². The van der Waals surface area contributed by atoms with Crippen LogP contribution in [0, 0.1) is 5.92 Å². The zero-order valence-corrected chi connectivity index (χ0v) is 18.4. The number of ether oxygens (including phenoxy) is 1. The number of carboxylic acids is 1. The summed E-state index contributed by atoms with van der Waals surface area (Å²) in [6.45, 7) is 1.46. The maximum absolute atomic E-state index is 12.7. The molecule has 1 saturated heterocycles. The van der Waals surface area contributed by atoms with E-state index in [9.17, 15) is 44.7 Å². The third-order valence-electron chi connectivity index (χ3n) is 5.93. The van der Waals surface area contributed by atoms with Crippen LogP contribution in [0.1, 0.15) is 35.3 Å². The Bertz CT molecular complexity index is 1130. The van der Waals surface area contributed by atoms with Crippen LogP contribution in [0.25, 0.3) is 0 Å². The van der Waals surface area contributed by atoms with Gasteiger partial charge in [-0.25, -0.2) is 9.59 Å². The summed E-state index contributed by atoms with van der Waals surface area (Å²) in [6, 6.07) is 2.26. The number of carbonyl (C=O) groups is 3. The predicted octanol–water partition coefficient (Wildman–Crippen LogP) is -2.42. The summed E-state index contributed by atoms with van der Waals surface area (Å²) in [5.74, 6) is -3.54. The highest BCUT2D eigenvalue weighted by molar-refractivity contribution is 5.87. The van der Waals surface area contributed by atoms with Crippen LogP contribution in [0.2, 0.25) is 0 Å². The number of phenols is 1. The topological polar surface area (TPSA) is 237 Å². The number of nitrogens with one attached hydrogen (secondary N) is 2. The number of aliphatic carboxylic acids is 1. The van der Waals surface area contributed by atoms with Gasteiger partial charge in [0.2, 0.25) is 5.91 Å². The highest BCUT2D eigenvalue weighted by Crippen LogP contribution is 2.31. The summed E-state index contributed by atoms with van der Waals surface area (Å²) in [6.07, 6.45) is -6.71. The smallest absolute Gasteiger partial charge is 0.329 e. The summed E-state index contributed by atoms with van der Waals surface area (Å²) in [7, 11) is 0. The number of aromatic amines is 1. The SMILES string of the molecule is C[C@@H]([C@H](N)C(=O)N[C@H](C(=O)O)[C@H]1O[C@@H](n2cc(C=O)[nH]c2=O)[C@H](O)[C@@H]1O)[C@H](O)c1ccc(O)cc1. The fourth-order valence-corrected chi connectivity index (χ4v) is 3.81. The first-order valence-electron chi connectivity index (χ1n) is 10.5. The lowest BCUT2D eigenvalue weighted by Gasteiger charge is -2.28. The molecule has 8 atom stereocenters. The van der Waals surface area contributed by atoms with Crippen molar-refractivity contribution in [1.82, 2.24) is 14.9 Å². The molecular weight excluding hydrogens is 468 g/mol. The monoisotopic (exact) mass is 494 g/mol. The lowest BCUT2D eigenvalue weighted by atomic mass is 9.90. The number of phenolic OH excluding ortho intramolecular Hbond substituents is 1. The van der Waals surface area contributed by atoms with Gasteiger partial charge in [-0.2, -0.15) is 0 Å². The quantitative estimate of drug-likeness (QED) is 0.171. The van der Waals surface area contributed by atoms with Crippen LogP contribution in [0.4, 0.5) is 0 Å².